The summed E-state index contributed by atoms with van der Waals surface area (Å²) in [5, 5.41) is 24.6. The molecule has 4 heteroatoms. The maximum atomic E-state index is 9.27. The van der Waals surface area contributed by atoms with Gasteiger partial charge in [0, 0.05) is 10.8 Å². The van der Waals surface area contributed by atoms with Crippen LogP contribution in [0.2, 0.25) is 0 Å². The van der Waals surface area contributed by atoms with Gasteiger partial charge < -0.3 is 14.7 Å². The van der Waals surface area contributed by atoms with Crippen LogP contribution in [0.4, 0.5) is 0 Å². The highest BCUT2D eigenvalue weighted by Crippen LogP contribution is 2.38. The molecule has 1 fully saturated rings. The molecule has 0 bridgehead atoms. The molecule has 0 saturated heterocycles. The van der Waals surface area contributed by atoms with Crippen molar-refractivity contribution in [2.24, 2.45) is 5.92 Å². The van der Waals surface area contributed by atoms with Gasteiger partial charge in [0.2, 0.25) is 0 Å². The van der Waals surface area contributed by atoms with Gasteiger partial charge in [0.05, 0.1) is 0 Å². The molecule has 6 rings (SSSR count). The molecule has 3 nitrogen and oxygen atoms in total. The van der Waals surface area contributed by atoms with Crippen LogP contribution in [-0.4, -0.2) is 17.4 Å². The molecule has 1 unspecified atom stereocenters. The molecule has 0 aromatic heterocycles. The van der Waals surface area contributed by atoms with Crippen molar-refractivity contribution in [1.82, 2.24) is 0 Å². The average molecular weight is 438 g/mol. The second kappa shape index (κ2) is 9.99. The van der Waals surface area contributed by atoms with Crippen molar-refractivity contribution in [3.8, 4) is 5.75 Å². The standard InChI is InChI=1S/C18H13BO3.C11H18/c20-19(21)22-18-15-8-4-2-6-13(15)11-17-14-7-3-1-5-12(14)9-10-16(17)18;1-2-6-10-8-4-5-9-11(10)7-3-1/h1-11,20-21H;6,11H,1-5,7-9H2. The predicted octanol–water partition coefficient (Wildman–Crippen LogP) is 7.17. The Bertz CT molecular complexity index is 1290. The van der Waals surface area contributed by atoms with Crippen LogP contribution in [0.1, 0.15) is 51.4 Å². The molecule has 168 valence electrons. The lowest BCUT2D eigenvalue weighted by Gasteiger charge is -2.23. The number of allylic oxidation sites excluding steroid dienone is 2. The Kier molecular flexibility index (Phi) is 6.66. The molecule has 2 aliphatic carbocycles. The number of fused-ring (bicyclic) bond motifs is 5. The summed E-state index contributed by atoms with van der Waals surface area (Å²) in [6.07, 6.45) is 14.2. The van der Waals surface area contributed by atoms with Gasteiger partial charge in [-0.05, 0) is 72.1 Å². The van der Waals surface area contributed by atoms with Crippen molar-refractivity contribution >= 4 is 39.6 Å². The van der Waals surface area contributed by atoms with Gasteiger partial charge in [0.15, 0.2) is 0 Å². The van der Waals surface area contributed by atoms with E-state index in [1.165, 1.54) is 51.4 Å². The maximum absolute atomic E-state index is 9.27. The Morgan fingerprint density at radius 1 is 0.697 bits per heavy atom. The SMILES string of the molecule is C1=C2CCCCC2CCCC1.OB(O)Oc1c2ccccc2cc2c1ccc1ccccc12. The zero-order valence-electron chi connectivity index (χ0n) is 19.0. The number of hydrogen-bond donors (Lipinski definition) is 2. The van der Waals surface area contributed by atoms with Gasteiger partial charge in [-0.25, -0.2) is 0 Å². The van der Waals surface area contributed by atoms with Gasteiger partial charge in [0.1, 0.15) is 5.75 Å². The van der Waals surface area contributed by atoms with Crippen molar-refractivity contribution in [2.45, 2.75) is 51.4 Å². The Morgan fingerprint density at radius 2 is 1.42 bits per heavy atom. The summed E-state index contributed by atoms with van der Waals surface area (Å²) in [6.45, 7) is 0. The zero-order valence-corrected chi connectivity index (χ0v) is 19.0. The third kappa shape index (κ3) is 4.78. The molecule has 0 amide bonds. The highest BCUT2D eigenvalue weighted by molar-refractivity contribution is 6.35. The maximum Gasteiger partial charge on any atom is 0.707 e. The first-order chi connectivity index (χ1) is 16.2. The molecule has 2 aliphatic rings. The van der Waals surface area contributed by atoms with Crippen LogP contribution in [0.3, 0.4) is 0 Å². The molecular weight excluding hydrogens is 407 g/mol. The molecule has 4 aromatic rings. The van der Waals surface area contributed by atoms with Gasteiger partial charge in [-0.3, -0.25) is 0 Å². The molecular formula is C29H31BO3. The first-order valence-electron chi connectivity index (χ1n) is 12.3. The van der Waals surface area contributed by atoms with Crippen LogP contribution >= 0.6 is 0 Å². The highest BCUT2D eigenvalue weighted by Gasteiger charge is 2.19. The van der Waals surface area contributed by atoms with Gasteiger partial charge in [0.25, 0.3) is 0 Å². The summed E-state index contributed by atoms with van der Waals surface area (Å²) in [5.41, 5.74) is 1.81. The Hall–Kier alpha value is -2.82. The molecule has 0 aliphatic heterocycles. The molecule has 1 saturated carbocycles. The van der Waals surface area contributed by atoms with Crippen molar-refractivity contribution in [3.05, 3.63) is 78.4 Å². The van der Waals surface area contributed by atoms with Crippen molar-refractivity contribution in [3.63, 3.8) is 0 Å². The number of rotatable bonds is 2. The fourth-order valence-electron chi connectivity index (χ4n) is 5.54. The minimum absolute atomic E-state index is 0.494. The Labute approximate surface area is 195 Å². The summed E-state index contributed by atoms with van der Waals surface area (Å²) >= 11 is 0. The van der Waals surface area contributed by atoms with E-state index in [4.69, 9.17) is 4.65 Å². The second-order valence-corrected chi connectivity index (χ2v) is 9.26. The van der Waals surface area contributed by atoms with E-state index in [1.807, 2.05) is 54.1 Å². The van der Waals surface area contributed by atoms with E-state index < -0.39 is 7.32 Å². The van der Waals surface area contributed by atoms with Crippen molar-refractivity contribution < 1.29 is 14.7 Å². The van der Waals surface area contributed by atoms with Gasteiger partial charge >= 0.3 is 7.32 Å². The highest BCUT2D eigenvalue weighted by atomic mass is 16.6. The lowest BCUT2D eigenvalue weighted by Crippen LogP contribution is -2.20. The largest absolute Gasteiger partial charge is 0.707 e. The zero-order chi connectivity index (χ0) is 22.6. The lowest BCUT2D eigenvalue weighted by atomic mass is 9.82. The van der Waals surface area contributed by atoms with Crippen LogP contribution in [0.5, 0.6) is 5.75 Å². The number of benzene rings is 4. The topological polar surface area (TPSA) is 49.7 Å². The first kappa shape index (κ1) is 22.0. The Morgan fingerprint density at radius 3 is 2.24 bits per heavy atom. The lowest BCUT2D eigenvalue weighted by molar-refractivity contribution is 0.291. The molecule has 33 heavy (non-hydrogen) atoms. The van der Waals surface area contributed by atoms with Crippen LogP contribution in [0.15, 0.2) is 78.4 Å². The predicted molar refractivity (Wildman–Crippen MR) is 138 cm³/mol. The van der Waals surface area contributed by atoms with Crippen molar-refractivity contribution in [1.29, 1.82) is 0 Å². The third-order valence-corrected chi connectivity index (χ3v) is 7.15. The number of hydrogen-bond acceptors (Lipinski definition) is 3. The molecule has 0 heterocycles. The summed E-state index contributed by atoms with van der Waals surface area (Å²) in [7, 11) is -1.85. The van der Waals surface area contributed by atoms with Crippen LogP contribution < -0.4 is 4.65 Å². The van der Waals surface area contributed by atoms with E-state index in [2.05, 4.69) is 24.3 Å². The van der Waals surface area contributed by atoms with Crippen LogP contribution in [0.25, 0.3) is 32.3 Å². The summed E-state index contributed by atoms with van der Waals surface area (Å²) in [6, 6.07) is 22.0. The molecule has 2 N–H and O–H groups in total. The van der Waals surface area contributed by atoms with Crippen molar-refractivity contribution in [2.75, 3.05) is 0 Å². The van der Waals surface area contributed by atoms with E-state index in [9.17, 15) is 10.0 Å². The quantitative estimate of drug-likeness (QED) is 0.151. The summed E-state index contributed by atoms with van der Waals surface area (Å²) in [4.78, 5) is 0. The minimum atomic E-state index is -1.85. The van der Waals surface area contributed by atoms with Gasteiger partial charge in [-0.2, -0.15) is 0 Å². The molecule has 0 spiro atoms. The fourth-order valence-corrected chi connectivity index (χ4v) is 5.54. The Balaban J connectivity index is 0.000000174. The van der Waals surface area contributed by atoms with E-state index in [0.717, 1.165) is 38.2 Å². The fraction of sp³-hybridized carbons (Fsp3) is 0.310. The van der Waals surface area contributed by atoms with E-state index in [1.54, 1.807) is 0 Å². The first-order valence-corrected chi connectivity index (χ1v) is 12.3. The van der Waals surface area contributed by atoms with E-state index >= 15 is 0 Å². The minimum Gasteiger partial charge on any atom is -0.511 e. The van der Waals surface area contributed by atoms with E-state index in [0.29, 0.717) is 5.75 Å². The molecule has 1 atom stereocenters. The molecule has 0 radical (unpaired) electrons. The summed E-state index contributed by atoms with van der Waals surface area (Å²) < 4.78 is 5.30. The normalized spacial score (nSPS) is 18.1. The molecule has 4 aromatic carbocycles. The second-order valence-electron chi connectivity index (χ2n) is 9.26. The van der Waals surface area contributed by atoms with Crippen LogP contribution in [-0.2, 0) is 0 Å². The van der Waals surface area contributed by atoms with Gasteiger partial charge in [-0.15, -0.1) is 0 Å². The van der Waals surface area contributed by atoms with Gasteiger partial charge in [-0.1, -0.05) is 85.2 Å². The monoisotopic (exact) mass is 438 g/mol. The van der Waals surface area contributed by atoms with E-state index in [-0.39, 0.29) is 0 Å². The average Bonchev–Trinajstić information content (AvgIpc) is 3.10. The summed E-state index contributed by atoms with van der Waals surface area (Å²) in [5.74, 6) is 1.50. The smallest absolute Gasteiger partial charge is 0.511 e. The third-order valence-electron chi connectivity index (χ3n) is 7.15. The van der Waals surface area contributed by atoms with Crippen LogP contribution in [0, 0.1) is 5.92 Å².